The first-order valence-electron chi connectivity index (χ1n) is 9.34. The number of hydrogen-bond donors (Lipinski definition) is 3. The summed E-state index contributed by atoms with van der Waals surface area (Å²) < 4.78 is 0. The standard InChI is InChI=1S/C21H19ClN4O2.ClH/c22-16-3-2-14(19-15(16)11-24-20(19)27)18-10-13-9-12(1-4-17(13)25-18)21(28)26-7-5-23-6-8-26;/h1-4,9-10,23,25H,5-8,11H2,(H,24,27);1H. The van der Waals surface area contributed by atoms with Crippen molar-refractivity contribution in [2.45, 2.75) is 6.54 Å². The van der Waals surface area contributed by atoms with Crippen LogP contribution >= 0.6 is 24.0 Å². The maximum absolute atomic E-state index is 12.8. The van der Waals surface area contributed by atoms with Crippen molar-refractivity contribution in [2.75, 3.05) is 26.2 Å². The van der Waals surface area contributed by atoms with Crippen LogP contribution in [0.5, 0.6) is 0 Å². The molecule has 2 aliphatic heterocycles. The highest BCUT2D eigenvalue weighted by atomic mass is 35.5. The van der Waals surface area contributed by atoms with E-state index in [0.717, 1.165) is 53.9 Å². The number of carbonyl (C=O) groups is 2. The number of nitrogens with zero attached hydrogens (tertiary/aromatic N) is 1. The van der Waals surface area contributed by atoms with Crippen LogP contribution in [0, 0.1) is 0 Å². The van der Waals surface area contributed by atoms with Crippen LogP contribution in [0.3, 0.4) is 0 Å². The van der Waals surface area contributed by atoms with Gasteiger partial charge in [-0.3, -0.25) is 9.59 Å². The average Bonchev–Trinajstić information content (AvgIpc) is 3.32. The number of aromatic amines is 1. The summed E-state index contributed by atoms with van der Waals surface area (Å²) >= 11 is 6.25. The highest BCUT2D eigenvalue weighted by Crippen LogP contribution is 2.34. The van der Waals surface area contributed by atoms with Gasteiger partial charge in [0.2, 0.25) is 0 Å². The van der Waals surface area contributed by atoms with Crippen molar-refractivity contribution in [2.24, 2.45) is 0 Å². The fourth-order valence-electron chi connectivity index (χ4n) is 4.00. The Labute approximate surface area is 179 Å². The Bertz CT molecular complexity index is 1120. The van der Waals surface area contributed by atoms with Gasteiger partial charge in [0.15, 0.2) is 0 Å². The number of halogens is 2. The zero-order valence-corrected chi connectivity index (χ0v) is 17.1. The Morgan fingerprint density at radius 1 is 1.07 bits per heavy atom. The van der Waals surface area contributed by atoms with Gasteiger partial charge >= 0.3 is 0 Å². The fourth-order valence-corrected chi connectivity index (χ4v) is 4.22. The summed E-state index contributed by atoms with van der Waals surface area (Å²) in [6.45, 7) is 3.55. The molecule has 3 heterocycles. The monoisotopic (exact) mass is 430 g/mol. The molecule has 6 nitrogen and oxygen atoms in total. The van der Waals surface area contributed by atoms with Gasteiger partial charge in [0.1, 0.15) is 0 Å². The molecule has 0 radical (unpaired) electrons. The molecular weight excluding hydrogens is 411 g/mol. The molecule has 1 fully saturated rings. The number of amides is 2. The van der Waals surface area contributed by atoms with Crippen LogP contribution in [0.4, 0.5) is 0 Å². The molecule has 1 aromatic heterocycles. The second kappa shape index (κ2) is 7.71. The van der Waals surface area contributed by atoms with Gasteiger partial charge in [0, 0.05) is 71.0 Å². The predicted molar refractivity (Wildman–Crippen MR) is 116 cm³/mol. The van der Waals surface area contributed by atoms with Gasteiger partial charge in [-0.05, 0) is 30.3 Å². The van der Waals surface area contributed by atoms with E-state index in [0.29, 0.717) is 22.7 Å². The van der Waals surface area contributed by atoms with Crippen LogP contribution in [0.15, 0.2) is 36.4 Å². The average molecular weight is 431 g/mol. The number of carbonyl (C=O) groups excluding carboxylic acids is 2. The maximum Gasteiger partial charge on any atom is 0.253 e. The number of benzene rings is 2. The van der Waals surface area contributed by atoms with Gasteiger partial charge in [0.25, 0.3) is 11.8 Å². The molecule has 0 bridgehead atoms. The highest BCUT2D eigenvalue weighted by Gasteiger charge is 2.26. The topological polar surface area (TPSA) is 77.2 Å². The molecule has 8 heteroatoms. The largest absolute Gasteiger partial charge is 0.355 e. The normalized spacial score (nSPS) is 15.8. The molecule has 0 unspecified atom stereocenters. The lowest BCUT2D eigenvalue weighted by atomic mass is 10.0. The molecule has 29 heavy (non-hydrogen) atoms. The lowest BCUT2D eigenvalue weighted by molar-refractivity contribution is 0.0735. The van der Waals surface area contributed by atoms with Crippen LogP contribution < -0.4 is 10.6 Å². The number of rotatable bonds is 2. The van der Waals surface area contributed by atoms with E-state index >= 15 is 0 Å². The second-order valence-corrected chi connectivity index (χ2v) is 7.57. The second-order valence-electron chi connectivity index (χ2n) is 7.16. The molecule has 2 aliphatic rings. The maximum atomic E-state index is 12.8. The Morgan fingerprint density at radius 3 is 2.66 bits per heavy atom. The lowest BCUT2D eigenvalue weighted by Gasteiger charge is -2.27. The van der Waals surface area contributed by atoms with Crippen molar-refractivity contribution in [3.8, 4) is 11.3 Å². The van der Waals surface area contributed by atoms with E-state index in [4.69, 9.17) is 11.6 Å². The van der Waals surface area contributed by atoms with Gasteiger partial charge in [0.05, 0.1) is 5.56 Å². The van der Waals surface area contributed by atoms with Crippen molar-refractivity contribution in [1.29, 1.82) is 0 Å². The van der Waals surface area contributed by atoms with Crippen molar-refractivity contribution in [3.63, 3.8) is 0 Å². The third-order valence-electron chi connectivity index (χ3n) is 5.47. The molecule has 0 atom stereocenters. The number of H-pyrrole nitrogens is 1. The molecule has 2 aromatic carbocycles. The molecule has 0 spiro atoms. The van der Waals surface area contributed by atoms with Crippen molar-refractivity contribution < 1.29 is 9.59 Å². The molecule has 150 valence electrons. The van der Waals surface area contributed by atoms with Crippen molar-refractivity contribution in [1.82, 2.24) is 20.5 Å². The summed E-state index contributed by atoms with van der Waals surface area (Å²) in [6, 6.07) is 11.4. The predicted octanol–water partition coefficient (Wildman–Crippen LogP) is 3.20. The first-order valence-corrected chi connectivity index (χ1v) is 9.72. The van der Waals surface area contributed by atoms with E-state index in [1.807, 2.05) is 41.3 Å². The number of fused-ring (bicyclic) bond motifs is 2. The van der Waals surface area contributed by atoms with E-state index in [2.05, 4.69) is 15.6 Å². The first kappa shape index (κ1) is 19.8. The van der Waals surface area contributed by atoms with E-state index in [1.54, 1.807) is 0 Å². The Kier molecular flexibility index (Phi) is 5.25. The van der Waals surface area contributed by atoms with Crippen LogP contribution in [0.25, 0.3) is 22.2 Å². The van der Waals surface area contributed by atoms with Crippen LogP contribution in [-0.2, 0) is 6.54 Å². The molecule has 1 saturated heterocycles. The zero-order valence-electron chi connectivity index (χ0n) is 15.5. The molecule has 2 amide bonds. The number of nitrogens with one attached hydrogen (secondary N) is 3. The van der Waals surface area contributed by atoms with Crippen LogP contribution in [-0.4, -0.2) is 47.9 Å². The van der Waals surface area contributed by atoms with Crippen LogP contribution in [0.2, 0.25) is 5.02 Å². The summed E-state index contributed by atoms with van der Waals surface area (Å²) in [7, 11) is 0. The van der Waals surface area contributed by atoms with Gasteiger partial charge < -0.3 is 20.5 Å². The molecule has 3 aromatic rings. The van der Waals surface area contributed by atoms with Crippen LogP contribution in [0.1, 0.15) is 26.3 Å². The highest BCUT2D eigenvalue weighted by molar-refractivity contribution is 6.32. The number of piperazine rings is 1. The van der Waals surface area contributed by atoms with E-state index in [9.17, 15) is 9.59 Å². The summed E-state index contributed by atoms with van der Waals surface area (Å²) in [6.07, 6.45) is 0. The summed E-state index contributed by atoms with van der Waals surface area (Å²) in [5.41, 5.74) is 4.72. The zero-order chi connectivity index (χ0) is 19.3. The minimum absolute atomic E-state index is 0. The Hall–Kier alpha value is -2.54. The number of aromatic nitrogens is 1. The van der Waals surface area contributed by atoms with Gasteiger partial charge in [-0.2, -0.15) is 0 Å². The molecule has 5 rings (SSSR count). The third kappa shape index (κ3) is 3.37. The number of hydrogen-bond acceptors (Lipinski definition) is 3. The molecular formula is C21H20Cl2N4O2. The summed E-state index contributed by atoms with van der Waals surface area (Å²) in [5.74, 6) is -0.0568. The minimum atomic E-state index is -0.110. The van der Waals surface area contributed by atoms with Gasteiger partial charge in [-0.25, -0.2) is 0 Å². The van der Waals surface area contributed by atoms with E-state index in [-0.39, 0.29) is 24.2 Å². The van der Waals surface area contributed by atoms with E-state index < -0.39 is 0 Å². The molecule has 0 aliphatic carbocycles. The SMILES string of the molecule is Cl.O=C1NCc2c(Cl)ccc(-c3cc4cc(C(=O)N5CCNCC5)ccc4[nH]3)c21. The van der Waals surface area contributed by atoms with Crippen molar-refractivity contribution in [3.05, 3.63) is 58.1 Å². The molecule has 0 saturated carbocycles. The smallest absolute Gasteiger partial charge is 0.253 e. The van der Waals surface area contributed by atoms with Gasteiger partial charge in [-0.15, -0.1) is 12.4 Å². The summed E-state index contributed by atoms with van der Waals surface area (Å²) in [5, 5.41) is 7.63. The third-order valence-corrected chi connectivity index (χ3v) is 5.82. The fraction of sp³-hybridized carbons (Fsp3) is 0.238. The van der Waals surface area contributed by atoms with Crippen molar-refractivity contribution >= 4 is 46.7 Å². The lowest BCUT2D eigenvalue weighted by Crippen LogP contribution is -2.46. The first-order chi connectivity index (χ1) is 13.6. The Balaban J connectivity index is 0.00000205. The van der Waals surface area contributed by atoms with E-state index in [1.165, 1.54) is 0 Å². The minimum Gasteiger partial charge on any atom is -0.355 e. The summed E-state index contributed by atoms with van der Waals surface area (Å²) in [4.78, 5) is 30.3. The van der Waals surface area contributed by atoms with Gasteiger partial charge in [-0.1, -0.05) is 17.7 Å². The molecule has 3 N–H and O–H groups in total. The Morgan fingerprint density at radius 2 is 1.86 bits per heavy atom. The quantitative estimate of drug-likeness (QED) is 0.583.